The quantitative estimate of drug-likeness (QED) is 0.625. The molecule has 2 N–H and O–H groups in total. The first-order chi connectivity index (χ1) is 6.18. The van der Waals surface area contributed by atoms with E-state index < -0.39 is 0 Å². The minimum atomic E-state index is -0.374. The van der Waals surface area contributed by atoms with Gasteiger partial charge in [0.2, 0.25) is 0 Å². The van der Waals surface area contributed by atoms with Crippen LogP contribution >= 0.6 is 11.3 Å². The average molecular weight is 190 g/mol. The predicted octanol–water partition coefficient (Wildman–Crippen LogP) is -0.346. The van der Waals surface area contributed by atoms with E-state index in [-0.39, 0.29) is 5.91 Å². The van der Waals surface area contributed by atoms with Crippen molar-refractivity contribution in [1.29, 1.82) is 0 Å². The van der Waals surface area contributed by atoms with Crippen molar-refractivity contribution in [3.8, 4) is 0 Å². The Morgan fingerprint density at radius 1 is 1.54 bits per heavy atom. The Morgan fingerprint density at radius 2 is 2.31 bits per heavy atom. The molecule has 13 heavy (non-hydrogen) atoms. The Bertz CT molecular complexity index is 480. The van der Waals surface area contributed by atoms with Crippen LogP contribution < -0.4 is 11.2 Å². The van der Waals surface area contributed by atoms with E-state index in [4.69, 9.17) is 5.73 Å². The van der Waals surface area contributed by atoms with Crippen LogP contribution in [-0.4, -0.2) is 18.7 Å². The van der Waals surface area contributed by atoms with Gasteiger partial charge in [-0.05, 0) is 11.5 Å². The maximum Gasteiger partial charge on any atom is 0.258 e. The van der Waals surface area contributed by atoms with Crippen molar-refractivity contribution in [2.24, 2.45) is 5.73 Å². The molecule has 1 amide bonds. The van der Waals surface area contributed by atoms with Gasteiger partial charge in [-0.1, -0.05) is 5.46 Å². The lowest BCUT2D eigenvalue weighted by Crippen LogP contribution is -2.08. The number of nitrogens with zero attached hydrogens (tertiary/aromatic N) is 1. The zero-order valence-corrected chi connectivity index (χ0v) is 7.89. The number of hydrogen-bond donors (Lipinski definition) is 1. The number of fused-ring (bicyclic) bond motifs is 1. The molecular weight excluding hydrogens is 183 g/mol. The van der Waals surface area contributed by atoms with Crippen LogP contribution in [0.1, 0.15) is 9.67 Å². The van der Waals surface area contributed by atoms with Crippen LogP contribution in [-0.2, 0) is 0 Å². The Balaban J connectivity index is 2.75. The first-order valence-corrected chi connectivity index (χ1v) is 4.64. The smallest absolute Gasteiger partial charge is 0.258 e. The molecule has 0 saturated carbocycles. The Hall–Kier alpha value is -1.36. The van der Waals surface area contributed by atoms with E-state index in [0.29, 0.717) is 4.88 Å². The van der Waals surface area contributed by atoms with Gasteiger partial charge >= 0.3 is 0 Å². The highest BCUT2D eigenvalue weighted by molar-refractivity contribution is 7.21. The summed E-state index contributed by atoms with van der Waals surface area (Å²) in [6.45, 7) is 0. The molecule has 0 spiro atoms. The number of amides is 1. The van der Waals surface area contributed by atoms with Crippen LogP contribution in [0.2, 0.25) is 0 Å². The summed E-state index contributed by atoms with van der Waals surface area (Å²) in [6, 6.07) is 1.82. The average Bonchev–Trinajstić information content (AvgIpc) is 2.49. The molecule has 0 unspecified atom stereocenters. The van der Waals surface area contributed by atoms with Gasteiger partial charge in [0.05, 0.1) is 9.58 Å². The fourth-order valence-electron chi connectivity index (χ4n) is 1.22. The molecule has 2 rings (SSSR count). The molecule has 3 nitrogen and oxygen atoms in total. The molecule has 0 aliphatic rings. The zero-order chi connectivity index (χ0) is 9.42. The summed E-state index contributed by atoms with van der Waals surface area (Å²) in [6.07, 6.45) is 3.53. The van der Waals surface area contributed by atoms with Gasteiger partial charge in [0, 0.05) is 12.4 Å². The van der Waals surface area contributed by atoms with Crippen LogP contribution in [0.15, 0.2) is 18.5 Å². The molecule has 0 bridgehead atoms. The van der Waals surface area contributed by atoms with E-state index >= 15 is 0 Å². The van der Waals surface area contributed by atoms with Crippen LogP contribution in [0.3, 0.4) is 0 Å². The fraction of sp³-hybridized carbons (Fsp3) is 0. The molecule has 0 radical (unpaired) electrons. The lowest BCUT2D eigenvalue weighted by molar-refractivity contribution is 0.100. The minimum Gasteiger partial charge on any atom is -0.365 e. The monoisotopic (exact) mass is 190 g/mol. The van der Waals surface area contributed by atoms with Crippen LogP contribution in [0, 0.1) is 0 Å². The van der Waals surface area contributed by atoms with Gasteiger partial charge in [0.15, 0.2) is 0 Å². The molecule has 0 saturated heterocycles. The number of carbonyl (C=O) groups is 1. The summed E-state index contributed by atoms with van der Waals surface area (Å²) < 4.78 is 1.01. The van der Waals surface area contributed by atoms with Crippen molar-refractivity contribution >= 4 is 40.6 Å². The third kappa shape index (κ3) is 1.31. The first-order valence-electron chi connectivity index (χ1n) is 3.82. The maximum atomic E-state index is 10.9. The highest BCUT2D eigenvalue weighted by Crippen LogP contribution is 2.22. The Morgan fingerprint density at radius 3 is 2.92 bits per heavy atom. The zero-order valence-electron chi connectivity index (χ0n) is 7.07. The summed E-state index contributed by atoms with van der Waals surface area (Å²) in [7, 11) is 1.97. The predicted molar refractivity (Wildman–Crippen MR) is 56.3 cm³/mol. The largest absolute Gasteiger partial charge is 0.365 e. The molecule has 0 aliphatic carbocycles. The summed E-state index contributed by atoms with van der Waals surface area (Å²) in [5.74, 6) is -0.374. The van der Waals surface area contributed by atoms with Gasteiger partial charge in [-0.15, -0.1) is 11.3 Å². The van der Waals surface area contributed by atoms with Gasteiger partial charge in [0.25, 0.3) is 5.91 Å². The molecular formula is C8H7BN2OS. The highest BCUT2D eigenvalue weighted by atomic mass is 32.1. The number of carbonyl (C=O) groups excluding carboxylic acids is 1. The SMILES string of the molecule is Bc1cncc2sc(C(N)=O)cc12. The van der Waals surface area contributed by atoms with E-state index in [9.17, 15) is 4.79 Å². The Kier molecular flexibility index (Phi) is 1.81. The standard InChI is InChI=1S/C8H7BN2OS/c9-5-2-11-3-7-4(5)1-6(13-7)8(10)12/h1-3H,9H2,(H2,10,12). The van der Waals surface area contributed by atoms with Crippen molar-refractivity contribution in [3.05, 3.63) is 23.3 Å². The van der Waals surface area contributed by atoms with Gasteiger partial charge in [-0.3, -0.25) is 9.78 Å². The topological polar surface area (TPSA) is 56.0 Å². The molecule has 0 aromatic carbocycles. The summed E-state index contributed by atoms with van der Waals surface area (Å²) >= 11 is 1.38. The second-order valence-electron chi connectivity index (χ2n) is 2.84. The summed E-state index contributed by atoms with van der Waals surface area (Å²) in [5, 5.41) is 1.06. The maximum absolute atomic E-state index is 10.9. The van der Waals surface area contributed by atoms with Gasteiger partial charge in [-0.25, -0.2) is 0 Å². The van der Waals surface area contributed by atoms with E-state index in [0.717, 1.165) is 15.5 Å². The van der Waals surface area contributed by atoms with E-state index in [2.05, 4.69) is 4.98 Å². The van der Waals surface area contributed by atoms with Crippen molar-refractivity contribution in [2.45, 2.75) is 0 Å². The Labute approximate surface area is 80.0 Å². The third-order valence-electron chi connectivity index (χ3n) is 1.89. The van der Waals surface area contributed by atoms with Crippen LogP contribution in [0.25, 0.3) is 10.1 Å². The first kappa shape index (κ1) is 8.25. The number of nitrogens with two attached hydrogens (primary N) is 1. The lowest BCUT2D eigenvalue weighted by Gasteiger charge is -1.91. The van der Waals surface area contributed by atoms with Crippen LogP contribution in [0.4, 0.5) is 0 Å². The van der Waals surface area contributed by atoms with Crippen LogP contribution in [0.5, 0.6) is 0 Å². The van der Waals surface area contributed by atoms with Crippen molar-refractivity contribution < 1.29 is 4.79 Å². The van der Waals surface area contributed by atoms with E-state index in [1.165, 1.54) is 11.3 Å². The second-order valence-corrected chi connectivity index (χ2v) is 3.93. The third-order valence-corrected chi connectivity index (χ3v) is 2.97. The van der Waals surface area contributed by atoms with E-state index in [1.54, 1.807) is 12.4 Å². The molecule has 64 valence electrons. The molecule has 2 aromatic heterocycles. The van der Waals surface area contributed by atoms with Gasteiger partial charge in [0.1, 0.15) is 7.85 Å². The molecule has 0 atom stereocenters. The number of rotatable bonds is 1. The molecule has 2 aromatic rings. The number of aromatic nitrogens is 1. The molecule has 2 heterocycles. The summed E-state index contributed by atoms with van der Waals surface area (Å²) in [4.78, 5) is 15.5. The van der Waals surface area contributed by atoms with E-state index in [1.807, 2.05) is 13.9 Å². The van der Waals surface area contributed by atoms with Gasteiger partial charge in [-0.2, -0.15) is 0 Å². The fourth-order valence-corrected chi connectivity index (χ4v) is 2.17. The highest BCUT2D eigenvalue weighted by Gasteiger charge is 2.07. The summed E-state index contributed by atoms with van der Waals surface area (Å²) in [5.41, 5.74) is 6.25. The lowest BCUT2D eigenvalue weighted by atomic mass is 9.95. The number of pyridine rings is 1. The number of primary amides is 1. The second kappa shape index (κ2) is 2.85. The van der Waals surface area contributed by atoms with Crippen molar-refractivity contribution in [3.63, 3.8) is 0 Å². The number of hydrogen-bond acceptors (Lipinski definition) is 3. The molecule has 0 fully saturated rings. The van der Waals surface area contributed by atoms with Gasteiger partial charge < -0.3 is 5.73 Å². The normalized spacial score (nSPS) is 10.5. The van der Waals surface area contributed by atoms with Crippen molar-refractivity contribution in [2.75, 3.05) is 0 Å². The molecule has 5 heteroatoms. The number of thiophene rings is 1. The molecule has 0 aliphatic heterocycles. The minimum absolute atomic E-state index is 0.374. The van der Waals surface area contributed by atoms with Crippen molar-refractivity contribution in [1.82, 2.24) is 4.98 Å².